The molecular formula is C16H16N2O. The Balaban J connectivity index is 1.97. The maximum absolute atomic E-state index is 12.1. The summed E-state index contributed by atoms with van der Waals surface area (Å²) in [5.74, 6) is 0.588. The minimum absolute atomic E-state index is 0.259. The second kappa shape index (κ2) is 3.73. The lowest BCUT2D eigenvalue weighted by Crippen LogP contribution is -2.38. The van der Waals surface area contributed by atoms with Gasteiger partial charge in [0.2, 0.25) is 5.91 Å². The average molecular weight is 252 g/mol. The number of aromatic amines is 1. The summed E-state index contributed by atoms with van der Waals surface area (Å²) in [7, 11) is 0. The van der Waals surface area contributed by atoms with Crippen LogP contribution in [-0.4, -0.2) is 22.3 Å². The first-order valence-corrected chi connectivity index (χ1v) is 6.86. The third kappa shape index (κ3) is 1.47. The Kier molecular flexibility index (Phi) is 2.13. The van der Waals surface area contributed by atoms with E-state index in [1.807, 2.05) is 11.0 Å². The molecule has 0 saturated carbocycles. The van der Waals surface area contributed by atoms with E-state index in [9.17, 15) is 4.79 Å². The molecule has 1 amide bonds. The Morgan fingerprint density at radius 3 is 3.05 bits per heavy atom. The molecule has 0 spiro atoms. The van der Waals surface area contributed by atoms with Crippen molar-refractivity contribution in [2.24, 2.45) is 5.92 Å². The molecule has 3 heteroatoms. The van der Waals surface area contributed by atoms with E-state index in [-0.39, 0.29) is 5.91 Å². The molecule has 19 heavy (non-hydrogen) atoms. The van der Waals surface area contributed by atoms with E-state index in [1.54, 1.807) is 0 Å². The van der Waals surface area contributed by atoms with Gasteiger partial charge in [0, 0.05) is 23.9 Å². The molecule has 0 aliphatic carbocycles. The largest absolute Gasteiger partial charge is 0.353 e. The molecule has 3 nitrogen and oxygen atoms in total. The van der Waals surface area contributed by atoms with Gasteiger partial charge in [-0.2, -0.15) is 0 Å². The normalized spacial score (nSPS) is 22.2. The van der Waals surface area contributed by atoms with Gasteiger partial charge in [0.05, 0.1) is 11.4 Å². The fourth-order valence-corrected chi connectivity index (χ4v) is 3.30. The van der Waals surface area contributed by atoms with Crippen molar-refractivity contribution < 1.29 is 4.79 Å². The number of nitrogens with zero attached hydrogens (tertiary/aromatic N) is 1. The van der Waals surface area contributed by atoms with Crippen molar-refractivity contribution in [1.82, 2.24) is 9.88 Å². The maximum Gasteiger partial charge on any atom is 0.227 e. The Morgan fingerprint density at radius 1 is 1.32 bits per heavy atom. The molecule has 96 valence electrons. The number of carbonyl (C=O) groups is 1. The Morgan fingerprint density at radius 2 is 2.16 bits per heavy atom. The number of amides is 1. The summed E-state index contributed by atoms with van der Waals surface area (Å²) in [6, 6.07) is 8.39. The fraction of sp³-hybridized carbons (Fsp3) is 0.312. The second-order valence-corrected chi connectivity index (χ2v) is 5.55. The van der Waals surface area contributed by atoms with Crippen LogP contribution < -0.4 is 0 Å². The highest BCUT2D eigenvalue weighted by atomic mass is 16.2. The molecule has 0 fully saturated rings. The molecule has 1 aromatic heterocycles. The Bertz CT molecular complexity index is 711. The molecule has 4 rings (SSSR count). The second-order valence-electron chi connectivity index (χ2n) is 5.55. The minimum Gasteiger partial charge on any atom is -0.353 e. The quantitative estimate of drug-likeness (QED) is 0.769. The van der Waals surface area contributed by atoms with Crippen LogP contribution in [0.3, 0.4) is 0 Å². The molecule has 2 aliphatic heterocycles. The summed E-state index contributed by atoms with van der Waals surface area (Å²) in [5.41, 5.74) is 4.76. The summed E-state index contributed by atoms with van der Waals surface area (Å²) >= 11 is 0. The van der Waals surface area contributed by atoms with Crippen molar-refractivity contribution in [3.63, 3.8) is 0 Å². The number of rotatable bonds is 0. The number of H-pyrrole nitrogens is 1. The van der Waals surface area contributed by atoms with Crippen LogP contribution in [0.5, 0.6) is 0 Å². The summed E-state index contributed by atoms with van der Waals surface area (Å²) < 4.78 is 0. The van der Waals surface area contributed by atoms with Gasteiger partial charge in [-0.15, -0.1) is 0 Å². The Labute approximate surface area is 111 Å². The molecule has 1 atom stereocenters. The number of carbonyl (C=O) groups excluding carboxylic acids is 1. The molecule has 1 aromatic carbocycles. The Hall–Kier alpha value is -2.03. The van der Waals surface area contributed by atoms with E-state index in [1.165, 1.54) is 16.5 Å². The van der Waals surface area contributed by atoms with E-state index >= 15 is 0 Å². The number of fused-ring (bicyclic) bond motifs is 5. The predicted molar refractivity (Wildman–Crippen MR) is 75.5 cm³/mol. The number of nitrogens with one attached hydrogen (secondary N) is 1. The van der Waals surface area contributed by atoms with Crippen LogP contribution in [-0.2, 0) is 11.2 Å². The molecule has 3 heterocycles. The van der Waals surface area contributed by atoms with Crippen LogP contribution >= 0.6 is 0 Å². The van der Waals surface area contributed by atoms with E-state index in [0.717, 1.165) is 24.4 Å². The standard InChI is InChI=1S/C16H16N2O/c1-10-8-14-16-12(6-7-18(14)15(19)9-10)11-4-2-3-5-13(11)17-16/h2-5,8,10,17H,6-7,9H2,1H3. The van der Waals surface area contributed by atoms with Crippen LogP contribution in [0.2, 0.25) is 0 Å². The molecule has 0 saturated heterocycles. The van der Waals surface area contributed by atoms with Crippen molar-refractivity contribution in [2.75, 3.05) is 6.54 Å². The molecule has 1 unspecified atom stereocenters. The van der Waals surface area contributed by atoms with Crippen LogP contribution in [0, 0.1) is 5.92 Å². The molecule has 0 bridgehead atoms. The van der Waals surface area contributed by atoms with Gasteiger partial charge < -0.3 is 9.88 Å². The zero-order chi connectivity index (χ0) is 13.0. The highest BCUT2D eigenvalue weighted by Crippen LogP contribution is 2.37. The SMILES string of the molecule is CC1C=C2c3[nH]c4ccccc4c3CCN2C(=O)C1. The lowest BCUT2D eigenvalue weighted by atomic mass is 9.93. The van der Waals surface area contributed by atoms with Crippen molar-refractivity contribution in [1.29, 1.82) is 0 Å². The van der Waals surface area contributed by atoms with Gasteiger partial charge in [0.15, 0.2) is 0 Å². The molecule has 1 N–H and O–H groups in total. The molecular weight excluding hydrogens is 236 g/mol. The summed E-state index contributed by atoms with van der Waals surface area (Å²) in [6.07, 6.45) is 3.81. The third-order valence-electron chi connectivity index (χ3n) is 4.19. The maximum atomic E-state index is 12.1. The van der Waals surface area contributed by atoms with Gasteiger partial charge in [-0.3, -0.25) is 4.79 Å². The van der Waals surface area contributed by atoms with E-state index in [4.69, 9.17) is 0 Å². The van der Waals surface area contributed by atoms with Crippen molar-refractivity contribution in [3.05, 3.63) is 41.6 Å². The van der Waals surface area contributed by atoms with Crippen LogP contribution in [0.25, 0.3) is 16.6 Å². The van der Waals surface area contributed by atoms with Crippen molar-refractivity contribution in [3.8, 4) is 0 Å². The summed E-state index contributed by atoms with van der Waals surface area (Å²) in [5, 5.41) is 1.30. The van der Waals surface area contributed by atoms with Crippen molar-refractivity contribution in [2.45, 2.75) is 19.8 Å². The number of aromatic nitrogens is 1. The number of benzene rings is 1. The van der Waals surface area contributed by atoms with Crippen LogP contribution in [0.15, 0.2) is 30.3 Å². The van der Waals surface area contributed by atoms with Crippen LogP contribution in [0.4, 0.5) is 0 Å². The lowest BCUT2D eigenvalue weighted by Gasteiger charge is -2.34. The van der Waals surface area contributed by atoms with E-state index in [2.05, 4.69) is 36.2 Å². The van der Waals surface area contributed by atoms with Crippen molar-refractivity contribution >= 4 is 22.5 Å². The van der Waals surface area contributed by atoms with Gasteiger partial charge in [-0.05, 0) is 24.0 Å². The van der Waals surface area contributed by atoms with E-state index < -0.39 is 0 Å². The topological polar surface area (TPSA) is 36.1 Å². The molecule has 2 aromatic rings. The number of hydrogen-bond acceptors (Lipinski definition) is 1. The summed E-state index contributed by atoms with van der Waals surface area (Å²) in [4.78, 5) is 17.6. The number of allylic oxidation sites excluding steroid dienone is 1. The third-order valence-corrected chi connectivity index (χ3v) is 4.19. The van der Waals surface area contributed by atoms with E-state index in [0.29, 0.717) is 12.3 Å². The zero-order valence-electron chi connectivity index (χ0n) is 10.9. The molecule has 2 aliphatic rings. The number of para-hydroxylation sites is 1. The van der Waals surface area contributed by atoms with Gasteiger partial charge in [0.25, 0.3) is 0 Å². The average Bonchev–Trinajstić information content (AvgIpc) is 2.77. The first-order chi connectivity index (χ1) is 9.24. The predicted octanol–water partition coefficient (Wildman–Crippen LogP) is 2.93. The monoisotopic (exact) mass is 252 g/mol. The minimum atomic E-state index is 0.259. The van der Waals surface area contributed by atoms with Crippen LogP contribution in [0.1, 0.15) is 24.6 Å². The first-order valence-electron chi connectivity index (χ1n) is 6.86. The smallest absolute Gasteiger partial charge is 0.227 e. The van der Waals surface area contributed by atoms with Gasteiger partial charge in [0.1, 0.15) is 0 Å². The highest BCUT2D eigenvalue weighted by molar-refractivity contribution is 5.95. The summed E-state index contributed by atoms with van der Waals surface area (Å²) in [6.45, 7) is 2.92. The van der Waals surface area contributed by atoms with Gasteiger partial charge in [-0.1, -0.05) is 31.2 Å². The molecule has 0 radical (unpaired) electrons. The highest BCUT2D eigenvalue weighted by Gasteiger charge is 2.32. The van der Waals surface area contributed by atoms with Gasteiger partial charge in [-0.25, -0.2) is 0 Å². The lowest BCUT2D eigenvalue weighted by molar-refractivity contribution is -0.129. The zero-order valence-corrected chi connectivity index (χ0v) is 10.9. The fourth-order valence-electron chi connectivity index (χ4n) is 3.30. The number of hydrogen-bond donors (Lipinski definition) is 1. The van der Waals surface area contributed by atoms with Gasteiger partial charge >= 0.3 is 0 Å². The first kappa shape index (κ1) is 10.9.